The number of rotatable bonds is 13. The third-order valence-corrected chi connectivity index (χ3v) is 8.57. The molecule has 0 aliphatic heterocycles. The predicted molar refractivity (Wildman–Crippen MR) is 158 cm³/mol. The fraction of sp³-hybridized carbons (Fsp3) is 0.333. The molecule has 0 fully saturated rings. The zero-order chi connectivity index (χ0) is 29.3. The number of amides is 2. The van der Waals surface area contributed by atoms with Gasteiger partial charge in [0.2, 0.25) is 11.8 Å². The van der Waals surface area contributed by atoms with E-state index in [1.165, 1.54) is 30.2 Å². The van der Waals surface area contributed by atoms with Gasteiger partial charge in [0.05, 0.1) is 17.7 Å². The lowest BCUT2D eigenvalue weighted by atomic mass is 10.1. The third-order valence-electron chi connectivity index (χ3n) is 6.56. The number of ether oxygens (including phenoxy) is 1. The number of hydrogen-bond donors (Lipinski definition) is 1. The molecule has 2 amide bonds. The molecule has 0 spiro atoms. The summed E-state index contributed by atoms with van der Waals surface area (Å²) >= 11 is 6.28. The van der Waals surface area contributed by atoms with E-state index in [1.807, 2.05) is 45.0 Å². The molecule has 10 heteroatoms. The molecular weight excluding hydrogens is 550 g/mol. The van der Waals surface area contributed by atoms with Gasteiger partial charge in [-0.2, -0.15) is 0 Å². The zero-order valence-corrected chi connectivity index (χ0v) is 24.8. The third kappa shape index (κ3) is 7.34. The Morgan fingerprint density at radius 1 is 1.00 bits per heavy atom. The van der Waals surface area contributed by atoms with Gasteiger partial charge in [-0.25, -0.2) is 8.42 Å². The van der Waals surface area contributed by atoms with Crippen molar-refractivity contribution in [1.82, 2.24) is 10.2 Å². The molecule has 0 saturated heterocycles. The maximum atomic E-state index is 14.1. The molecular formula is C30H36ClN3O5S. The zero-order valence-electron chi connectivity index (χ0n) is 23.3. The van der Waals surface area contributed by atoms with Crippen LogP contribution in [0.2, 0.25) is 5.02 Å². The molecule has 0 unspecified atom stereocenters. The van der Waals surface area contributed by atoms with Crippen LogP contribution in [0.1, 0.15) is 37.8 Å². The van der Waals surface area contributed by atoms with Crippen molar-refractivity contribution in [3.63, 3.8) is 0 Å². The van der Waals surface area contributed by atoms with Crippen molar-refractivity contribution in [1.29, 1.82) is 0 Å². The topological polar surface area (TPSA) is 96.0 Å². The van der Waals surface area contributed by atoms with E-state index >= 15 is 0 Å². The molecule has 8 nitrogen and oxygen atoms in total. The number of hydrogen-bond acceptors (Lipinski definition) is 5. The van der Waals surface area contributed by atoms with Gasteiger partial charge in [0.1, 0.15) is 18.3 Å². The minimum atomic E-state index is -4.23. The summed E-state index contributed by atoms with van der Waals surface area (Å²) in [5.74, 6) is -0.595. The second-order valence-corrected chi connectivity index (χ2v) is 11.6. The Morgan fingerprint density at radius 2 is 1.68 bits per heavy atom. The minimum Gasteiger partial charge on any atom is -0.495 e. The maximum absolute atomic E-state index is 14.1. The Hall–Kier alpha value is -3.56. The highest BCUT2D eigenvalue weighted by Gasteiger charge is 2.35. The van der Waals surface area contributed by atoms with Crippen molar-refractivity contribution < 1.29 is 22.7 Å². The number of nitrogens with one attached hydrogen (secondary N) is 1. The number of sulfonamides is 1. The fourth-order valence-electron chi connectivity index (χ4n) is 4.35. The van der Waals surface area contributed by atoms with E-state index in [0.717, 1.165) is 21.9 Å². The number of aryl methyl sites for hydroxylation is 1. The van der Waals surface area contributed by atoms with E-state index in [2.05, 4.69) is 5.32 Å². The summed E-state index contributed by atoms with van der Waals surface area (Å²) in [6.45, 7) is 5.73. The number of benzene rings is 3. The van der Waals surface area contributed by atoms with E-state index in [0.29, 0.717) is 13.0 Å². The summed E-state index contributed by atoms with van der Waals surface area (Å²) < 4.78 is 34.4. The van der Waals surface area contributed by atoms with Gasteiger partial charge >= 0.3 is 0 Å². The largest absolute Gasteiger partial charge is 0.495 e. The average molecular weight is 586 g/mol. The van der Waals surface area contributed by atoms with E-state index in [-0.39, 0.29) is 33.8 Å². The Morgan fingerprint density at radius 3 is 2.30 bits per heavy atom. The van der Waals surface area contributed by atoms with Gasteiger partial charge in [-0.15, -0.1) is 0 Å². The highest BCUT2D eigenvalue weighted by Crippen LogP contribution is 2.35. The van der Waals surface area contributed by atoms with E-state index in [4.69, 9.17) is 16.3 Å². The highest BCUT2D eigenvalue weighted by atomic mass is 35.5. The number of carbonyl (C=O) groups excluding carboxylic acids is 2. The van der Waals surface area contributed by atoms with E-state index in [9.17, 15) is 18.0 Å². The Labute approximate surface area is 241 Å². The number of anilines is 1. The molecule has 3 aromatic carbocycles. The first kappa shape index (κ1) is 31.0. The van der Waals surface area contributed by atoms with E-state index < -0.39 is 28.5 Å². The number of nitrogens with zero attached hydrogens (tertiary/aromatic N) is 2. The number of carbonyl (C=O) groups is 2. The summed E-state index contributed by atoms with van der Waals surface area (Å²) in [6.07, 6.45) is 1.09. The first-order chi connectivity index (χ1) is 19.1. The quantitative estimate of drug-likeness (QED) is 0.298. The van der Waals surface area contributed by atoms with Crippen LogP contribution in [0.4, 0.5) is 5.69 Å². The lowest BCUT2D eigenvalue weighted by Crippen LogP contribution is -2.52. The van der Waals surface area contributed by atoms with Crippen LogP contribution in [0.5, 0.6) is 5.75 Å². The van der Waals surface area contributed by atoms with Gasteiger partial charge in [0.25, 0.3) is 10.0 Å². The molecule has 0 aromatic heterocycles. The average Bonchev–Trinajstić information content (AvgIpc) is 2.95. The molecule has 3 rings (SSSR count). The molecule has 0 radical (unpaired) electrons. The molecule has 0 heterocycles. The molecule has 3 aromatic rings. The van der Waals surface area contributed by atoms with E-state index in [1.54, 1.807) is 30.3 Å². The van der Waals surface area contributed by atoms with Crippen molar-refractivity contribution in [2.24, 2.45) is 0 Å². The van der Waals surface area contributed by atoms with Crippen LogP contribution in [0.3, 0.4) is 0 Å². The van der Waals surface area contributed by atoms with Crippen LogP contribution in [0, 0.1) is 6.92 Å². The van der Waals surface area contributed by atoms with Gasteiger partial charge < -0.3 is 15.0 Å². The van der Waals surface area contributed by atoms with Gasteiger partial charge in [0.15, 0.2) is 0 Å². The van der Waals surface area contributed by atoms with Crippen molar-refractivity contribution in [2.45, 2.75) is 51.1 Å². The number of halogens is 1. The molecule has 1 N–H and O–H groups in total. The first-order valence-electron chi connectivity index (χ1n) is 13.2. The Kier molecular flexibility index (Phi) is 11.0. The van der Waals surface area contributed by atoms with Crippen LogP contribution >= 0.6 is 11.6 Å². The fourth-order valence-corrected chi connectivity index (χ4v) is 5.95. The van der Waals surface area contributed by atoms with Crippen molar-refractivity contribution >= 4 is 39.1 Å². The molecule has 0 aliphatic carbocycles. The normalized spacial score (nSPS) is 11.9. The smallest absolute Gasteiger partial charge is 0.264 e. The second kappa shape index (κ2) is 14.2. The van der Waals surface area contributed by atoms with Crippen molar-refractivity contribution in [2.75, 3.05) is 24.5 Å². The van der Waals surface area contributed by atoms with Gasteiger partial charge in [-0.05, 0) is 61.2 Å². The SMILES string of the molecule is CCCNC(=O)[C@H](CC)N(Cc1ccccc1C)C(=O)CN(c1cc(Cl)ccc1OC)S(=O)(=O)c1ccccc1. The van der Waals surface area contributed by atoms with Gasteiger partial charge in [0, 0.05) is 18.1 Å². The number of methoxy groups -OCH3 is 1. The minimum absolute atomic E-state index is 0.00279. The second-order valence-electron chi connectivity index (χ2n) is 9.30. The molecule has 214 valence electrons. The van der Waals surface area contributed by atoms with Crippen LogP contribution in [-0.4, -0.2) is 51.4 Å². The first-order valence-corrected chi connectivity index (χ1v) is 15.0. The summed E-state index contributed by atoms with van der Waals surface area (Å²) in [5, 5.41) is 3.16. The molecule has 0 bridgehead atoms. The summed E-state index contributed by atoms with van der Waals surface area (Å²) in [5.41, 5.74) is 1.93. The highest BCUT2D eigenvalue weighted by molar-refractivity contribution is 7.92. The summed E-state index contributed by atoms with van der Waals surface area (Å²) in [6, 6.07) is 19.2. The van der Waals surface area contributed by atoms with Crippen molar-refractivity contribution in [3.8, 4) is 5.75 Å². The molecule has 1 atom stereocenters. The Bertz CT molecular complexity index is 1420. The lowest BCUT2D eigenvalue weighted by Gasteiger charge is -2.33. The van der Waals surface area contributed by atoms with Crippen LogP contribution in [0.25, 0.3) is 0 Å². The van der Waals surface area contributed by atoms with Crippen LogP contribution < -0.4 is 14.4 Å². The monoisotopic (exact) mass is 585 g/mol. The van der Waals surface area contributed by atoms with Crippen LogP contribution in [0.15, 0.2) is 77.7 Å². The molecule has 40 heavy (non-hydrogen) atoms. The van der Waals surface area contributed by atoms with Crippen molar-refractivity contribution in [3.05, 3.63) is 88.9 Å². The summed E-state index contributed by atoms with van der Waals surface area (Å²) in [7, 11) is -2.82. The van der Waals surface area contributed by atoms with Crippen LogP contribution in [-0.2, 0) is 26.2 Å². The van der Waals surface area contributed by atoms with Gasteiger partial charge in [-0.1, -0.05) is 67.9 Å². The molecule has 0 aliphatic rings. The Balaban J connectivity index is 2.12. The summed E-state index contributed by atoms with van der Waals surface area (Å²) in [4.78, 5) is 28.8. The maximum Gasteiger partial charge on any atom is 0.264 e. The predicted octanol–water partition coefficient (Wildman–Crippen LogP) is 5.19. The lowest BCUT2D eigenvalue weighted by molar-refractivity contribution is -0.140. The molecule has 0 saturated carbocycles. The van der Waals surface area contributed by atoms with Gasteiger partial charge in [-0.3, -0.25) is 13.9 Å². The standard InChI is InChI=1S/C30H36ClN3O5S/c1-5-18-32-30(36)26(6-2)33(20-23-13-11-10-12-22(23)3)29(35)21-34(27-19-24(31)16-17-28(27)39-4)40(37,38)25-14-8-7-9-15-25/h7-17,19,26H,5-6,18,20-21H2,1-4H3,(H,32,36)/t26-/m0/s1.